The quantitative estimate of drug-likeness (QED) is 0.514. The number of anilines is 1. The summed E-state index contributed by atoms with van der Waals surface area (Å²) in [5, 5.41) is 15.1. The Kier molecular flexibility index (Phi) is 5.39. The molecule has 5 rings (SSSR count). The molecular formula is C25H26Cl2N2O2. The van der Waals surface area contributed by atoms with Gasteiger partial charge in [0.2, 0.25) is 0 Å². The lowest BCUT2D eigenvalue weighted by Crippen LogP contribution is -2.39. The Morgan fingerprint density at radius 3 is 2.71 bits per heavy atom. The van der Waals surface area contributed by atoms with E-state index in [9.17, 15) is 9.90 Å². The number of phenolic OH excluding ortho intramolecular Hbond substituents is 1. The van der Waals surface area contributed by atoms with E-state index in [0.29, 0.717) is 22.1 Å². The number of para-hydroxylation sites is 1. The third-order valence-corrected chi connectivity index (χ3v) is 7.60. The van der Waals surface area contributed by atoms with Crippen LogP contribution in [0.25, 0.3) is 0 Å². The van der Waals surface area contributed by atoms with Gasteiger partial charge in [0.25, 0.3) is 5.91 Å². The van der Waals surface area contributed by atoms with Gasteiger partial charge in [-0.05, 0) is 54.9 Å². The van der Waals surface area contributed by atoms with E-state index < -0.39 is 0 Å². The van der Waals surface area contributed by atoms with Gasteiger partial charge in [-0.2, -0.15) is 0 Å². The highest BCUT2D eigenvalue weighted by Crippen LogP contribution is 2.53. The van der Waals surface area contributed by atoms with Crippen molar-refractivity contribution in [2.24, 2.45) is 11.8 Å². The van der Waals surface area contributed by atoms with E-state index in [2.05, 4.69) is 30.5 Å². The molecule has 0 saturated carbocycles. The Morgan fingerprint density at radius 1 is 1.16 bits per heavy atom. The molecule has 0 aromatic heterocycles. The predicted molar refractivity (Wildman–Crippen MR) is 125 cm³/mol. The highest BCUT2D eigenvalue weighted by Gasteiger charge is 2.41. The molecule has 0 radical (unpaired) electrons. The Balaban J connectivity index is 1.56. The number of likely N-dealkylation sites (tertiary alicyclic amines) is 1. The van der Waals surface area contributed by atoms with Crippen molar-refractivity contribution in [3.8, 4) is 5.75 Å². The number of hydrogen-bond donors (Lipinski definition) is 2. The number of rotatable bonds is 2. The standard InChI is InChI=1S/C25H26Cl2N2O2/c1-14-8-10-29(11-9-14)25(31)19-7-3-6-17-16-4-2-5-18(16)23(28-22(17)19)20-12-15(26)13-21(27)24(20)30/h2-4,6-7,12-14,16,18,23,28,30H,5,8-11H2,1H3. The molecule has 2 N–H and O–H groups in total. The van der Waals surface area contributed by atoms with Gasteiger partial charge in [0.05, 0.1) is 22.3 Å². The Labute approximate surface area is 192 Å². The maximum Gasteiger partial charge on any atom is 0.255 e. The molecule has 1 saturated heterocycles. The molecule has 1 amide bonds. The number of piperidine rings is 1. The van der Waals surface area contributed by atoms with Crippen LogP contribution in [-0.2, 0) is 0 Å². The largest absolute Gasteiger partial charge is 0.506 e. The number of hydrogen-bond acceptors (Lipinski definition) is 3. The van der Waals surface area contributed by atoms with Gasteiger partial charge in [-0.25, -0.2) is 0 Å². The summed E-state index contributed by atoms with van der Waals surface area (Å²) in [4.78, 5) is 15.4. The summed E-state index contributed by atoms with van der Waals surface area (Å²) in [5.41, 5.74) is 3.37. The molecule has 31 heavy (non-hydrogen) atoms. The monoisotopic (exact) mass is 456 g/mol. The second-order valence-electron chi connectivity index (χ2n) is 9.05. The molecule has 2 aromatic rings. The Hall–Kier alpha value is -2.17. The third-order valence-electron chi connectivity index (χ3n) is 7.09. The topological polar surface area (TPSA) is 52.6 Å². The zero-order valence-electron chi connectivity index (χ0n) is 17.4. The van der Waals surface area contributed by atoms with Crippen LogP contribution in [0.5, 0.6) is 5.75 Å². The lowest BCUT2D eigenvalue weighted by molar-refractivity contribution is 0.0698. The van der Waals surface area contributed by atoms with E-state index in [0.717, 1.165) is 43.6 Å². The van der Waals surface area contributed by atoms with Gasteiger partial charge in [-0.15, -0.1) is 0 Å². The Morgan fingerprint density at radius 2 is 1.94 bits per heavy atom. The number of allylic oxidation sites excluding steroid dienone is 2. The molecule has 0 spiro atoms. The molecule has 162 valence electrons. The van der Waals surface area contributed by atoms with Gasteiger partial charge in [0.15, 0.2) is 0 Å². The molecule has 4 nitrogen and oxygen atoms in total. The predicted octanol–water partition coefficient (Wildman–Crippen LogP) is 6.40. The van der Waals surface area contributed by atoms with Gasteiger partial charge >= 0.3 is 0 Å². The molecule has 6 heteroatoms. The first-order valence-electron chi connectivity index (χ1n) is 11.0. The van der Waals surface area contributed by atoms with Crippen LogP contribution in [0.4, 0.5) is 5.69 Å². The van der Waals surface area contributed by atoms with Crippen LogP contribution in [0.3, 0.4) is 0 Å². The fourth-order valence-corrected chi connectivity index (χ4v) is 5.82. The molecule has 1 fully saturated rings. The van der Waals surface area contributed by atoms with Crippen molar-refractivity contribution >= 4 is 34.8 Å². The van der Waals surface area contributed by atoms with Crippen LogP contribution < -0.4 is 5.32 Å². The zero-order valence-corrected chi connectivity index (χ0v) is 19.0. The first-order chi connectivity index (χ1) is 14.9. The molecule has 1 aliphatic carbocycles. The normalized spacial score (nSPS) is 25.1. The molecule has 2 aliphatic heterocycles. The smallest absolute Gasteiger partial charge is 0.255 e. The minimum atomic E-state index is -0.195. The Bertz CT molecular complexity index is 1060. The average Bonchev–Trinajstić information content (AvgIpc) is 3.26. The van der Waals surface area contributed by atoms with Gasteiger partial charge < -0.3 is 15.3 Å². The minimum absolute atomic E-state index is 0.0477. The number of fused-ring (bicyclic) bond motifs is 3. The maximum absolute atomic E-state index is 13.5. The molecule has 0 bridgehead atoms. The molecule has 3 atom stereocenters. The van der Waals surface area contributed by atoms with Crippen LogP contribution in [0.2, 0.25) is 10.0 Å². The van der Waals surface area contributed by atoms with Crippen molar-refractivity contribution in [3.05, 3.63) is 69.2 Å². The zero-order chi connectivity index (χ0) is 21.7. The van der Waals surface area contributed by atoms with Crippen molar-refractivity contribution in [1.29, 1.82) is 0 Å². The number of nitrogens with zero attached hydrogens (tertiary/aromatic N) is 1. The summed E-state index contributed by atoms with van der Waals surface area (Å²) < 4.78 is 0. The third kappa shape index (κ3) is 3.60. The average molecular weight is 457 g/mol. The van der Waals surface area contributed by atoms with Crippen molar-refractivity contribution < 1.29 is 9.90 Å². The highest BCUT2D eigenvalue weighted by molar-refractivity contribution is 6.35. The molecule has 2 aromatic carbocycles. The second kappa shape index (κ2) is 8.07. The van der Waals surface area contributed by atoms with Crippen molar-refractivity contribution in [2.45, 2.75) is 38.1 Å². The minimum Gasteiger partial charge on any atom is -0.506 e. The molecule has 2 heterocycles. The van der Waals surface area contributed by atoms with Gasteiger partial charge in [0, 0.05) is 29.6 Å². The number of aromatic hydroxyl groups is 1. The maximum atomic E-state index is 13.5. The van der Waals surface area contributed by atoms with E-state index in [-0.39, 0.29) is 34.6 Å². The molecule has 3 unspecified atom stereocenters. The summed E-state index contributed by atoms with van der Waals surface area (Å²) in [6.45, 7) is 3.83. The first-order valence-corrected chi connectivity index (χ1v) is 11.7. The second-order valence-corrected chi connectivity index (χ2v) is 9.89. The summed E-state index contributed by atoms with van der Waals surface area (Å²) in [6.07, 6.45) is 7.37. The van der Waals surface area contributed by atoms with Gasteiger partial charge in [-0.1, -0.05) is 54.4 Å². The number of benzene rings is 2. The number of carbonyl (C=O) groups is 1. The highest BCUT2D eigenvalue weighted by atomic mass is 35.5. The van der Waals surface area contributed by atoms with Crippen molar-refractivity contribution in [2.75, 3.05) is 18.4 Å². The van der Waals surface area contributed by atoms with Crippen LogP contribution in [0, 0.1) is 11.8 Å². The van der Waals surface area contributed by atoms with Crippen LogP contribution >= 0.6 is 23.2 Å². The summed E-state index contributed by atoms with van der Waals surface area (Å²) >= 11 is 12.5. The van der Waals surface area contributed by atoms with E-state index in [4.69, 9.17) is 23.2 Å². The number of halogens is 2. The van der Waals surface area contributed by atoms with Crippen molar-refractivity contribution in [3.63, 3.8) is 0 Å². The molecule has 3 aliphatic rings. The van der Waals surface area contributed by atoms with Gasteiger partial charge in [0.1, 0.15) is 5.75 Å². The fourth-order valence-electron chi connectivity index (χ4n) is 5.31. The SMILES string of the molecule is CC1CCN(C(=O)c2cccc3c2NC(c2cc(Cl)cc(Cl)c2O)C2CC=CC32)CC1. The number of nitrogens with one attached hydrogen (secondary N) is 1. The van der Waals surface area contributed by atoms with E-state index in [1.807, 2.05) is 17.0 Å². The van der Waals surface area contributed by atoms with E-state index in [1.54, 1.807) is 12.1 Å². The van der Waals surface area contributed by atoms with E-state index in [1.165, 1.54) is 0 Å². The fraction of sp³-hybridized carbons (Fsp3) is 0.400. The lowest BCUT2D eigenvalue weighted by atomic mass is 9.76. The molecular weight excluding hydrogens is 431 g/mol. The number of phenols is 1. The number of carbonyl (C=O) groups excluding carboxylic acids is 1. The van der Waals surface area contributed by atoms with Crippen LogP contribution in [-0.4, -0.2) is 29.0 Å². The number of amides is 1. The first kappa shape index (κ1) is 20.7. The summed E-state index contributed by atoms with van der Waals surface area (Å²) in [5.74, 6) is 1.17. The summed E-state index contributed by atoms with van der Waals surface area (Å²) in [7, 11) is 0. The summed E-state index contributed by atoms with van der Waals surface area (Å²) in [6, 6.07) is 9.13. The van der Waals surface area contributed by atoms with E-state index >= 15 is 0 Å². The van der Waals surface area contributed by atoms with Crippen molar-refractivity contribution in [1.82, 2.24) is 4.90 Å². The van der Waals surface area contributed by atoms with Crippen LogP contribution in [0.15, 0.2) is 42.5 Å². The van der Waals surface area contributed by atoms with Crippen LogP contribution in [0.1, 0.15) is 59.6 Å². The lowest BCUT2D eigenvalue weighted by Gasteiger charge is -2.39. The van der Waals surface area contributed by atoms with Gasteiger partial charge in [-0.3, -0.25) is 4.79 Å².